The minimum Gasteiger partial charge on any atom is -0.478 e. The van der Waals surface area contributed by atoms with Crippen LogP contribution in [0.2, 0.25) is 0 Å². The van der Waals surface area contributed by atoms with E-state index in [2.05, 4.69) is 12.2 Å². The topological polar surface area (TPSA) is 37.3 Å². The third-order valence-electron chi connectivity index (χ3n) is 0.461. The molecule has 0 aromatic carbocycles. The lowest BCUT2D eigenvalue weighted by atomic mass is 10.4. The largest absolute Gasteiger partial charge is 0.478 e. The molecule has 0 aromatic heterocycles. The molecular weight excluding hydrogens is 124 g/mol. The Balaban J connectivity index is 3.67. The van der Waals surface area contributed by atoms with Gasteiger partial charge in [0.05, 0.1) is 0 Å². The highest BCUT2D eigenvalue weighted by Gasteiger charge is 1.83. The van der Waals surface area contributed by atoms with Crippen molar-refractivity contribution in [1.29, 1.82) is 0 Å². The highest BCUT2D eigenvalue weighted by atomic mass is 32.1. The van der Waals surface area contributed by atoms with Crippen LogP contribution in [0.1, 0.15) is 6.92 Å². The molecule has 0 spiro atoms. The van der Waals surface area contributed by atoms with Crippen molar-refractivity contribution in [1.82, 2.24) is 0 Å². The number of thiocarbonyl (C=S) groups is 1. The molecule has 44 valence electrons. The first kappa shape index (κ1) is 7.30. The van der Waals surface area contributed by atoms with E-state index in [1.54, 1.807) is 6.92 Å². The van der Waals surface area contributed by atoms with Crippen molar-refractivity contribution >= 4 is 23.1 Å². The molecule has 0 atom stereocenters. The van der Waals surface area contributed by atoms with Gasteiger partial charge in [0.2, 0.25) is 0 Å². The number of hydrogen-bond acceptors (Lipinski definition) is 2. The van der Waals surface area contributed by atoms with E-state index in [9.17, 15) is 4.79 Å². The molecule has 0 radical (unpaired) electrons. The van der Waals surface area contributed by atoms with Gasteiger partial charge in [-0.05, 0) is 13.0 Å². The van der Waals surface area contributed by atoms with Gasteiger partial charge in [0.1, 0.15) is 0 Å². The van der Waals surface area contributed by atoms with Crippen LogP contribution in [0, 0.1) is 0 Å². The molecule has 0 bridgehead atoms. The lowest BCUT2D eigenvalue weighted by Crippen LogP contribution is -1.87. The summed E-state index contributed by atoms with van der Waals surface area (Å²) in [5.41, 5.74) is 0. The quantitative estimate of drug-likeness (QED) is 0.448. The van der Waals surface area contributed by atoms with Crippen LogP contribution in [-0.2, 0) is 4.79 Å². The molecule has 0 heterocycles. The fraction of sp³-hybridized carbons (Fsp3) is 0.200. The molecule has 8 heavy (non-hydrogen) atoms. The molecule has 0 aliphatic heterocycles. The molecule has 3 heteroatoms. The third kappa shape index (κ3) is 5.30. The molecule has 0 fully saturated rings. The van der Waals surface area contributed by atoms with Crippen molar-refractivity contribution in [3.05, 3.63) is 12.2 Å². The first-order chi connectivity index (χ1) is 3.63. The van der Waals surface area contributed by atoms with Crippen LogP contribution in [0.25, 0.3) is 0 Å². The van der Waals surface area contributed by atoms with Crippen LogP contribution in [0.15, 0.2) is 12.2 Å². The number of allylic oxidation sites excluding steroid dienone is 1. The van der Waals surface area contributed by atoms with Gasteiger partial charge < -0.3 is 5.11 Å². The molecule has 0 saturated heterocycles. The van der Waals surface area contributed by atoms with Crippen LogP contribution in [0.5, 0.6) is 0 Å². The Morgan fingerprint density at radius 1 is 1.62 bits per heavy atom. The number of carboxylic acids is 1. The number of rotatable bonds is 2. The Kier molecular flexibility index (Phi) is 3.03. The summed E-state index contributed by atoms with van der Waals surface area (Å²) >= 11 is 4.56. The van der Waals surface area contributed by atoms with Crippen molar-refractivity contribution in [2.45, 2.75) is 6.92 Å². The standard InChI is InChI=1S/C5H6O2S/c1-4(8)2-3-5(6)7/h2-3H,1H3,(H,6,7). The Morgan fingerprint density at radius 2 is 2.12 bits per heavy atom. The van der Waals surface area contributed by atoms with E-state index >= 15 is 0 Å². The van der Waals surface area contributed by atoms with Gasteiger partial charge in [-0.1, -0.05) is 12.2 Å². The van der Waals surface area contributed by atoms with Crippen molar-refractivity contribution in [3.8, 4) is 0 Å². The Bertz CT molecular complexity index is 121. The van der Waals surface area contributed by atoms with E-state index in [-0.39, 0.29) is 0 Å². The van der Waals surface area contributed by atoms with Gasteiger partial charge in [0.15, 0.2) is 0 Å². The highest BCUT2D eigenvalue weighted by molar-refractivity contribution is 7.80. The molecule has 0 aromatic rings. The second-order valence-electron chi connectivity index (χ2n) is 1.28. The second-order valence-corrected chi connectivity index (χ2v) is 1.93. The van der Waals surface area contributed by atoms with E-state index in [4.69, 9.17) is 5.11 Å². The normalized spacial score (nSPS) is 9.62. The van der Waals surface area contributed by atoms with Crippen LogP contribution in [0.4, 0.5) is 0 Å². The summed E-state index contributed by atoms with van der Waals surface area (Å²) in [6.07, 6.45) is 2.39. The first-order valence-electron chi connectivity index (χ1n) is 2.04. The van der Waals surface area contributed by atoms with Crippen LogP contribution in [0.3, 0.4) is 0 Å². The fourth-order valence-corrected chi connectivity index (χ4v) is 0.257. The smallest absolute Gasteiger partial charge is 0.328 e. The lowest BCUT2D eigenvalue weighted by Gasteiger charge is -1.77. The molecule has 2 nitrogen and oxygen atoms in total. The number of carboxylic acid groups (broad SMARTS) is 1. The zero-order valence-corrected chi connectivity index (χ0v) is 5.23. The third-order valence-corrected chi connectivity index (χ3v) is 0.597. The summed E-state index contributed by atoms with van der Waals surface area (Å²) in [5, 5.41) is 8.02. The Hall–Kier alpha value is -0.700. The molecule has 0 saturated carbocycles. The van der Waals surface area contributed by atoms with E-state index in [0.717, 1.165) is 6.08 Å². The van der Waals surface area contributed by atoms with Crippen LogP contribution >= 0.6 is 12.2 Å². The maximum Gasteiger partial charge on any atom is 0.328 e. The second kappa shape index (κ2) is 3.32. The molecule has 0 unspecified atom stereocenters. The average Bonchev–Trinajstić information content (AvgIpc) is 1.61. The van der Waals surface area contributed by atoms with Gasteiger partial charge in [-0.2, -0.15) is 0 Å². The molecule has 0 rings (SSSR count). The van der Waals surface area contributed by atoms with Crippen LogP contribution < -0.4 is 0 Å². The van der Waals surface area contributed by atoms with E-state index in [0.29, 0.717) is 4.86 Å². The van der Waals surface area contributed by atoms with E-state index in [1.807, 2.05) is 0 Å². The summed E-state index contributed by atoms with van der Waals surface area (Å²) in [6, 6.07) is 0. The minimum atomic E-state index is -0.964. The zero-order valence-electron chi connectivity index (χ0n) is 4.42. The molecule has 1 N–H and O–H groups in total. The lowest BCUT2D eigenvalue weighted by molar-refractivity contribution is -0.131. The predicted octanol–water partition coefficient (Wildman–Crippen LogP) is 1.02. The summed E-state index contributed by atoms with van der Waals surface area (Å²) in [6.45, 7) is 1.66. The van der Waals surface area contributed by atoms with Crippen LogP contribution in [-0.4, -0.2) is 15.9 Å². The minimum absolute atomic E-state index is 0.576. The molecule has 0 aliphatic carbocycles. The van der Waals surface area contributed by atoms with Crippen molar-refractivity contribution in [2.75, 3.05) is 0 Å². The summed E-state index contributed by atoms with van der Waals surface area (Å²) < 4.78 is 0. The van der Waals surface area contributed by atoms with Gasteiger partial charge in [-0.3, -0.25) is 0 Å². The van der Waals surface area contributed by atoms with Gasteiger partial charge in [-0.15, -0.1) is 0 Å². The van der Waals surface area contributed by atoms with Gasteiger partial charge in [0.25, 0.3) is 0 Å². The Labute approximate surface area is 52.8 Å². The SMILES string of the molecule is CC(=S)C=CC(=O)O. The molecule has 0 aliphatic rings. The van der Waals surface area contributed by atoms with Gasteiger partial charge in [-0.25, -0.2) is 4.79 Å². The first-order valence-corrected chi connectivity index (χ1v) is 2.45. The Morgan fingerprint density at radius 3 is 2.25 bits per heavy atom. The summed E-state index contributed by atoms with van der Waals surface area (Å²) in [5.74, 6) is -0.964. The summed E-state index contributed by atoms with van der Waals surface area (Å²) in [4.78, 5) is 10.3. The summed E-state index contributed by atoms with van der Waals surface area (Å²) in [7, 11) is 0. The van der Waals surface area contributed by atoms with Crippen molar-refractivity contribution in [3.63, 3.8) is 0 Å². The number of hydrogen-bond donors (Lipinski definition) is 1. The van der Waals surface area contributed by atoms with Gasteiger partial charge in [0, 0.05) is 10.9 Å². The highest BCUT2D eigenvalue weighted by Crippen LogP contribution is 1.77. The molecule has 0 amide bonds. The maximum atomic E-state index is 9.76. The van der Waals surface area contributed by atoms with Crippen molar-refractivity contribution < 1.29 is 9.90 Å². The predicted molar refractivity (Wildman–Crippen MR) is 35.0 cm³/mol. The van der Waals surface area contributed by atoms with Gasteiger partial charge >= 0.3 is 5.97 Å². The van der Waals surface area contributed by atoms with E-state index < -0.39 is 5.97 Å². The van der Waals surface area contributed by atoms with Crippen molar-refractivity contribution in [2.24, 2.45) is 0 Å². The monoisotopic (exact) mass is 130 g/mol. The maximum absolute atomic E-state index is 9.76. The fourth-order valence-electron chi connectivity index (χ4n) is 0.189. The average molecular weight is 130 g/mol. The number of aliphatic carboxylic acids is 1. The molecular formula is C5H6O2S. The number of carbonyl (C=O) groups is 1. The zero-order chi connectivity index (χ0) is 6.57. The van der Waals surface area contributed by atoms with E-state index in [1.165, 1.54) is 6.08 Å².